The number of anilines is 4. The number of aromatic nitrogens is 1. The molecule has 0 bridgehead atoms. The number of piperazine rings is 2. The molecule has 2 aliphatic heterocycles. The highest BCUT2D eigenvalue weighted by Crippen LogP contribution is 2.29. The monoisotopic (exact) mass is 533 g/mol. The average Bonchev–Trinajstić information content (AvgIpc) is 3.00. The van der Waals surface area contributed by atoms with Crippen LogP contribution in [0.25, 0.3) is 0 Å². The van der Waals surface area contributed by atoms with Gasteiger partial charge in [0, 0.05) is 74.9 Å². The summed E-state index contributed by atoms with van der Waals surface area (Å²) in [5.74, 6) is 1.33. The third-order valence-electron chi connectivity index (χ3n) is 7.66. The molecule has 0 atom stereocenters. The van der Waals surface area contributed by atoms with Crippen LogP contribution < -0.4 is 19.6 Å². The van der Waals surface area contributed by atoms with Gasteiger partial charge in [-0.3, -0.25) is 9.59 Å². The van der Waals surface area contributed by atoms with Gasteiger partial charge in [0.05, 0.1) is 11.1 Å². The molecule has 2 fully saturated rings. The normalized spacial score (nSPS) is 15.4. The number of nitriles is 2. The Morgan fingerprint density at radius 1 is 0.600 bits per heavy atom. The smallest absolute Gasteiger partial charge is 0.159 e. The highest BCUT2D eigenvalue weighted by Gasteiger charge is 2.26. The average molecular weight is 534 g/mol. The summed E-state index contributed by atoms with van der Waals surface area (Å²) in [6, 6.07) is 21.5. The van der Waals surface area contributed by atoms with E-state index in [4.69, 9.17) is 4.98 Å². The second-order valence-electron chi connectivity index (χ2n) is 10.1. The summed E-state index contributed by atoms with van der Waals surface area (Å²) >= 11 is 0. The molecule has 40 heavy (non-hydrogen) atoms. The highest BCUT2D eigenvalue weighted by atomic mass is 16.1. The molecule has 0 unspecified atom stereocenters. The van der Waals surface area contributed by atoms with E-state index in [1.54, 1.807) is 19.9 Å². The Morgan fingerprint density at radius 3 is 1.23 bits per heavy atom. The number of carbonyl (C=O) groups excluding carboxylic acids is 2. The van der Waals surface area contributed by atoms with Crippen LogP contribution in [0.2, 0.25) is 0 Å². The van der Waals surface area contributed by atoms with Gasteiger partial charge in [0.15, 0.2) is 11.6 Å². The largest absolute Gasteiger partial charge is 0.368 e. The lowest BCUT2D eigenvalue weighted by atomic mass is 10.1. The fourth-order valence-electron chi connectivity index (χ4n) is 5.31. The summed E-state index contributed by atoms with van der Waals surface area (Å²) in [4.78, 5) is 36.9. The second-order valence-corrected chi connectivity index (χ2v) is 10.1. The predicted octanol–water partition coefficient (Wildman–Crippen LogP) is 3.88. The lowest BCUT2D eigenvalue weighted by Gasteiger charge is -2.39. The predicted molar refractivity (Wildman–Crippen MR) is 155 cm³/mol. The van der Waals surface area contributed by atoms with Gasteiger partial charge in [0.2, 0.25) is 0 Å². The first-order valence-corrected chi connectivity index (χ1v) is 13.4. The molecule has 0 amide bonds. The van der Waals surface area contributed by atoms with Gasteiger partial charge < -0.3 is 19.6 Å². The van der Waals surface area contributed by atoms with Gasteiger partial charge in [-0.2, -0.15) is 10.5 Å². The molecule has 0 spiro atoms. The van der Waals surface area contributed by atoms with E-state index in [1.165, 1.54) is 0 Å². The van der Waals surface area contributed by atoms with Crippen molar-refractivity contribution < 1.29 is 9.59 Å². The molecule has 0 saturated carbocycles. The van der Waals surface area contributed by atoms with Gasteiger partial charge >= 0.3 is 0 Å². The van der Waals surface area contributed by atoms with Crippen molar-refractivity contribution in [3.8, 4) is 12.1 Å². The Labute approximate surface area is 234 Å². The highest BCUT2D eigenvalue weighted by molar-refractivity contribution is 5.94. The van der Waals surface area contributed by atoms with Crippen LogP contribution in [0.15, 0.2) is 54.6 Å². The van der Waals surface area contributed by atoms with E-state index in [0.29, 0.717) is 60.1 Å². The van der Waals surface area contributed by atoms with Gasteiger partial charge in [-0.15, -0.1) is 0 Å². The topological polar surface area (TPSA) is 108 Å². The maximum absolute atomic E-state index is 11.6. The molecule has 202 valence electrons. The van der Waals surface area contributed by atoms with Gasteiger partial charge in [-0.25, -0.2) is 4.98 Å². The SMILES string of the molecule is CC(=O)c1ccc(N2CCN(c3nc(N4CCN(c5ccc(C(C)=O)cc5)CC4)c(C#N)cc3C#N)CC2)cc1. The Hall–Kier alpha value is -4.89. The van der Waals surface area contributed by atoms with Crippen LogP contribution in [0.3, 0.4) is 0 Å². The molecule has 2 aliphatic rings. The van der Waals surface area contributed by atoms with Crippen molar-refractivity contribution in [3.63, 3.8) is 0 Å². The number of carbonyl (C=O) groups is 2. The molecule has 0 radical (unpaired) electrons. The first kappa shape index (κ1) is 26.7. The Balaban J connectivity index is 1.30. The molecule has 9 heteroatoms. The number of hydrogen-bond donors (Lipinski definition) is 0. The molecule has 2 saturated heterocycles. The summed E-state index contributed by atoms with van der Waals surface area (Å²) < 4.78 is 0. The van der Waals surface area contributed by atoms with Crippen molar-refractivity contribution in [2.75, 3.05) is 72.0 Å². The molecule has 0 N–H and O–H groups in total. The maximum atomic E-state index is 11.6. The molecule has 3 heterocycles. The molecule has 5 rings (SSSR count). The summed E-state index contributed by atoms with van der Waals surface area (Å²) in [7, 11) is 0. The number of hydrogen-bond acceptors (Lipinski definition) is 9. The number of benzene rings is 2. The number of nitrogens with zero attached hydrogens (tertiary/aromatic N) is 7. The Morgan fingerprint density at radius 2 is 0.925 bits per heavy atom. The molecular formula is C31H31N7O2. The third-order valence-corrected chi connectivity index (χ3v) is 7.66. The van der Waals surface area contributed by atoms with Gasteiger partial charge in [0.1, 0.15) is 23.8 Å². The minimum Gasteiger partial charge on any atom is -0.368 e. The fourth-order valence-corrected chi connectivity index (χ4v) is 5.31. The number of pyridine rings is 1. The standard InChI is InChI=1S/C31H31N7O2/c1-22(39)24-3-7-28(8-4-24)35-11-15-37(16-12-35)30-26(20-32)19-27(21-33)31(34-30)38-17-13-36(14-18-38)29-9-5-25(6-10-29)23(2)40/h3-10,19H,11-18H2,1-2H3. The molecule has 0 aliphatic carbocycles. The van der Waals surface area contributed by atoms with Crippen molar-refractivity contribution in [2.45, 2.75) is 13.8 Å². The van der Waals surface area contributed by atoms with Crippen LogP contribution in [0.5, 0.6) is 0 Å². The van der Waals surface area contributed by atoms with Crippen molar-refractivity contribution in [3.05, 3.63) is 76.9 Å². The van der Waals surface area contributed by atoms with Gasteiger partial charge in [-0.05, 0) is 68.4 Å². The van der Waals surface area contributed by atoms with E-state index >= 15 is 0 Å². The molecular weight excluding hydrogens is 502 g/mol. The summed E-state index contributed by atoms with van der Waals surface area (Å²) in [5, 5.41) is 19.8. The first-order chi connectivity index (χ1) is 19.4. The van der Waals surface area contributed by atoms with Crippen LogP contribution in [0, 0.1) is 22.7 Å². The summed E-state index contributed by atoms with van der Waals surface area (Å²) in [6.07, 6.45) is 0. The van der Waals surface area contributed by atoms with E-state index in [1.807, 2.05) is 48.5 Å². The lowest BCUT2D eigenvalue weighted by Crippen LogP contribution is -2.48. The van der Waals surface area contributed by atoms with Crippen molar-refractivity contribution in [1.82, 2.24) is 4.98 Å². The van der Waals surface area contributed by atoms with Crippen LogP contribution in [0.4, 0.5) is 23.0 Å². The molecule has 2 aromatic carbocycles. The van der Waals surface area contributed by atoms with Crippen molar-refractivity contribution >= 4 is 34.6 Å². The van der Waals surface area contributed by atoms with Crippen LogP contribution >= 0.6 is 0 Å². The van der Waals surface area contributed by atoms with Gasteiger partial charge in [-0.1, -0.05) is 0 Å². The minimum absolute atomic E-state index is 0.0489. The molecule has 9 nitrogen and oxygen atoms in total. The molecule has 1 aromatic heterocycles. The maximum Gasteiger partial charge on any atom is 0.159 e. The van der Waals surface area contributed by atoms with Crippen LogP contribution in [-0.2, 0) is 0 Å². The summed E-state index contributed by atoms with van der Waals surface area (Å²) in [5.41, 5.74) is 4.33. The van der Waals surface area contributed by atoms with E-state index in [-0.39, 0.29) is 11.6 Å². The zero-order chi connectivity index (χ0) is 28.2. The molecule has 3 aromatic rings. The Kier molecular flexibility index (Phi) is 7.65. The van der Waals surface area contributed by atoms with E-state index < -0.39 is 0 Å². The van der Waals surface area contributed by atoms with E-state index in [0.717, 1.165) is 37.6 Å². The summed E-state index contributed by atoms with van der Waals surface area (Å²) in [6.45, 7) is 8.88. The van der Waals surface area contributed by atoms with Gasteiger partial charge in [0.25, 0.3) is 0 Å². The van der Waals surface area contributed by atoms with Crippen molar-refractivity contribution in [2.24, 2.45) is 0 Å². The lowest BCUT2D eigenvalue weighted by molar-refractivity contribution is 0.100. The first-order valence-electron chi connectivity index (χ1n) is 13.4. The second kappa shape index (κ2) is 11.5. The quantitative estimate of drug-likeness (QED) is 0.436. The fraction of sp³-hybridized carbons (Fsp3) is 0.323. The zero-order valence-corrected chi connectivity index (χ0v) is 22.8. The third kappa shape index (κ3) is 5.45. The van der Waals surface area contributed by atoms with Crippen LogP contribution in [0.1, 0.15) is 45.7 Å². The minimum atomic E-state index is 0.0489. The zero-order valence-electron chi connectivity index (χ0n) is 22.8. The Bertz CT molecular complexity index is 1380. The number of Topliss-reactive ketones (excluding diaryl/α,β-unsaturated/α-hetero) is 2. The number of ketones is 2. The number of rotatable bonds is 6. The van der Waals surface area contributed by atoms with Crippen molar-refractivity contribution in [1.29, 1.82) is 10.5 Å². The van der Waals surface area contributed by atoms with E-state index in [2.05, 4.69) is 31.7 Å². The van der Waals surface area contributed by atoms with E-state index in [9.17, 15) is 20.1 Å². The van der Waals surface area contributed by atoms with Crippen LogP contribution in [-0.4, -0.2) is 68.9 Å².